The Balaban J connectivity index is 0.992. The Labute approximate surface area is 357 Å². The average molecular weight is 793 g/mol. The van der Waals surface area contributed by atoms with Gasteiger partial charge in [-0.15, -0.1) is 11.3 Å². The SMILES string of the molecule is c1ccc(-c2cccc(-c3cc(-c4cccc(-c5ccc6c(c5)sc5ccccc56)c4)nc(-c4ccc(-c5c6ccccc6cc6c5ccc5ccccc56)cc4)n3)c2)cc1. The number of nitrogens with zero attached hydrogens (tertiary/aromatic N) is 2. The zero-order valence-electron chi connectivity index (χ0n) is 33.1. The van der Waals surface area contributed by atoms with E-state index in [1.54, 1.807) is 0 Å². The lowest BCUT2D eigenvalue weighted by Crippen LogP contribution is -1.96. The van der Waals surface area contributed by atoms with Crippen LogP contribution in [0.1, 0.15) is 0 Å². The van der Waals surface area contributed by atoms with Gasteiger partial charge in [-0.05, 0) is 102 Å². The van der Waals surface area contributed by atoms with Gasteiger partial charge >= 0.3 is 0 Å². The van der Waals surface area contributed by atoms with Gasteiger partial charge in [0, 0.05) is 36.9 Å². The molecule has 0 unspecified atom stereocenters. The van der Waals surface area contributed by atoms with Crippen molar-refractivity contribution < 1.29 is 0 Å². The standard InChI is InChI=1S/C58H36N2S/c1-2-12-37(13-3-1)41-16-10-18-45(32-41)53-36-54(46-19-11-17-42(33-46)43-29-30-50-49-22-8-9-23-55(49)61-56(50)35-43)60-58(59-53)40-26-24-39(25-27-40)57-48-21-7-5-15-44(48)34-52-47-20-6-4-14-38(47)28-31-51(52)57/h1-36H. The van der Waals surface area contributed by atoms with Crippen LogP contribution in [0, 0.1) is 0 Å². The summed E-state index contributed by atoms with van der Waals surface area (Å²) in [5.41, 5.74) is 11.9. The van der Waals surface area contributed by atoms with Crippen molar-refractivity contribution in [3.05, 3.63) is 218 Å². The highest BCUT2D eigenvalue weighted by Crippen LogP contribution is 2.41. The highest BCUT2D eigenvalue weighted by Gasteiger charge is 2.16. The van der Waals surface area contributed by atoms with Crippen molar-refractivity contribution in [1.29, 1.82) is 0 Å². The number of hydrogen-bond acceptors (Lipinski definition) is 3. The fraction of sp³-hybridized carbons (Fsp3) is 0. The lowest BCUT2D eigenvalue weighted by atomic mass is 9.89. The van der Waals surface area contributed by atoms with E-state index in [4.69, 9.17) is 9.97 Å². The number of hydrogen-bond donors (Lipinski definition) is 0. The molecule has 2 aromatic heterocycles. The second-order valence-corrected chi connectivity index (χ2v) is 16.8. The minimum atomic E-state index is 0.690. The third kappa shape index (κ3) is 6.26. The van der Waals surface area contributed by atoms with Crippen LogP contribution in [0.15, 0.2) is 218 Å². The van der Waals surface area contributed by atoms with E-state index in [-0.39, 0.29) is 0 Å². The van der Waals surface area contributed by atoms with E-state index >= 15 is 0 Å². The molecule has 0 spiro atoms. The summed E-state index contributed by atoms with van der Waals surface area (Å²) in [5.74, 6) is 0.690. The fourth-order valence-corrected chi connectivity index (χ4v) is 10.2. The Morgan fingerprint density at radius 2 is 0.803 bits per heavy atom. The molecular formula is C58H36N2S. The van der Waals surface area contributed by atoms with Gasteiger partial charge in [-0.2, -0.15) is 0 Å². The van der Waals surface area contributed by atoms with Crippen molar-refractivity contribution in [1.82, 2.24) is 9.97 Å². The van der Waals surface area contributed by atoms with Gasteiger partial charge in [-0.25, -0.2) is 9.97 Å². The number of thiophene rings is 1. The monoisotopic (exact) mass is 792 g/mol. The van der Waals surface area contributed by atoms with Gasteiger partial charge in [0.25, 0.3) is 0 Å². The lowest BCUT2D eigenvalue weighted by molar-refractivity contribution is 1.18. The molecular weight excluding hydrogens is 757 g/mol. The maximum Gasteiger partial charge on any atom is 0.160 e. The van der Waals surface area contributed by atoms with Gasteiger partial charge in [0.05, 0.1) is 11.4 Å². The van der Waals surface area contributed by atoms with Crippen molar-refractivity contribution >= 4 is 63.8 Å². The molecule has 0 saturated carbocycles. The van der Waals surface area contributed by atoms with Crippen LogP contribution in [-0.2, 0) is 0 Å². The largest absolute Gasteiger partial charge is 0.228 e. The van der Waals surface area contributed by atoms with Crippen LogP contribution < -0.4 is 0 Å². The first-order chi connectivity index (χ1) is 30.2. The summed E-state index contributed by atoms with van der Waals surface area (Å²) < 4.78 is 2.61. The summed E-state index contributed by atoms with van der Waals surface area (Å²) in [4.78, 5) is 10.6. The van der Waals surface area contributed by atoms with E-state index in [9.17, 15) is 0 Å². The summed E-state index contributed by atoms with van der Waals surface area (Å²) in [6, 6.07) is 78.7. The first-order valence-corrected chi connectivity index (χ1v) is 21.5. The molecule has 284 valence electrons. The van der Waals surface area contributed by atoms with Crippen LogP contribution in [0.3, 0.4) is 0 Å². The quantitative estimate of drug-likeness (QED) is 0.124. The zero-order chi connectivity index (χ0) is 40.3. The van der Waals surface area contributed by atoms with Crippen molar-refractivity contribution in [3.63, 3.8) is 0 Å². The van der Waals surface area contributed by atoms with Gasteiger partial charge in [0.2, 0.25) is 0 Å². The number of fused-ring (bicyclic) bond motifs is 7. The van der Waals surface area contributed by atoms with E-state index in [1.165, 1.54) is 69.2 Å². The summed E-state index contributed by atoms with van der Waals surface area (Å²) in [6.45, 7) is 0. The molecule has 0 atom stereocenters. The maximum atomic E-state index is 5.32. The Morgan fingerprint density at radius 3 is 1.57 bits per heavy atom. The Morgan fingerprint density at radius 1 is 0.262 bits per heavy atom. The molecule has 10 aromatic carbocycles. The van der Waals surface area contributed by atoms with E-state index in [0.29, 0.717) is 5.82 Å². The smallest absolute Gasteiger partial charge is 0.160 e. The molecule has 0 fully saturated rings. The Hall–Kier alpha value is -7.72. The molecule has 12 rings (SSSR count). The topological polar surface area (TPSA) is 25.8 Å². The van der Waals surface area contributed by atoms with Crippen LogP contribution in [-0.4, -0.2) is 9.97 Å². The summed E-state index contributed by atoms with van der Waals surface area (Å²) >= 11 is 1.85. The van der Waals surface area contributed by atoms with Crippen molar-refractivity contribution in [3.8, 4) is 67.3 Å². The van der Waals surface area contributed by atoms with Crippen LogP contribution >= 0.6 is 11.3 Å². The van der Waals surface area contributed by atoms with Crippen LogP contribution in [0.2, 0.25) is 0 Å². The molecule has 12 aromatic rings. The molecule has 61 heavy (non-hydrogen) atoms. The second kappa shape index (κ2) is 14.5. The number of aromatic nitrogens is 2. The summed E-state index contributed by atoms with van der Waals surface area (Å²) in [5, 5.41) is 10.1. The number of rotatable bonds is 6. The van der Waals surface area contributed by atoms with Crippen molar-refractivity contribution in [2.24, 2.45) is 0 Å². The van der Waals surface area contributed by atoms with E-state index in [1.807, 2.05) is 11.3 Å². The second-order valence-electron chi connectivity index (χ2n) is 15.7. The van der Waals surface area contributed by atoms with Crippen LogP contribution in [0.25, 0.3) is 120 Å². The van der Waals surface area contributed by atoms with Crippen molar-refractivity contribution in [2.45, 2.75) is 0 Å². The molecule has 0 saturated heterocycles. The zero-order valence-corrected chi connectivity index (χ0v) is 33.9. The molecule has 0 radical (unpaired) electrons. The molecule has 0 aliphatic carbocycles. The van der Waals surface area contributed by atoms with Gasteiger partial charge in [-0.1, -0.05) is 182 Å². The molecule has 0 bridgehead atoms. The highest BCUT2D eigenvalue weighted by molar-refractivity contribution is 7.25. The molecule has 0 N–H and O–H groups in total. The van der Waals surface area contributed by atoms with E-state index in [2.05, 4.69) is 218 Å². The summed E-state index contributed by atoms with van der Waals surface area (Å²) in [7, 11) is 0. The first kappa shape index (κ1) is 35.2. The molecule has 2 nitrogen and oxygen atoms in total. The van der Waals surface area contributed by atoms with Crippen LogP contribution in [0.5, 0.6) is 0 Å². The minimum Gasteiger partial charge on any atom is -0.228 e. The highest BCUT2D eigenvalue weighted by atomic mass is 32.1. The predicted octanol–water partition coefficient (Wildman–Crippen LogP) is 16.3. The first-order valence-electron chi connectivity index (χ1n) is 20.7. The molecule has 3 heteroatoms. The number of benzene rings is 10. The minimum absolute atomic E-state index is 0.690. The molecule has 0 aliphatic rings. The van der Waals surface area contributed by atoms with Gasteiger partial charge < -0.3 is 0 Å². The molecule has 2 heterocycles. The van der Waals surface area contributed by atoms with E-state index < -0.39 is 0 Å². The normalized spacial score (nSPS) is 11.6. The molecule has 0 amide bonds. The Kier molecular flexibility index (Phi) is 8.39. The van der Waals surface area contributed by atoms with Gasteiger partial charge in [0.1, 0.15) is 0 Å². The fourth-order valence-electron chi connectivity index (χ4n) is 9.04. The Bertz CT molecular complexity index is 3640. The van der Waals surface area contributed by atoms with Crippen LogP contribution in [0.4, 0.5) is 0 Å². The predicted molar refractivity (Wildman–Crippen MR) is 260 cm³/mol. The average Bonchev–Trinajstić information content (AvgIpc) is 3.71. The third-order valence-corrected chi connectivity index (χ3v) is 13.2. The third-order valence-electron chi connectivity index (χ3n) is 12.1. The maximum absolute atomic E-state index is 5.32. The summed E-state index contributed by atoms with van der Waals surface area (Å²) in [6.07, 6.45) is 0. The lowest BCUT2D eigenvalue weighted by Gasteiger charge is -2.15. The van der Waals surface area contributed by atoms with E-state index in [0.717, 1.165) is 44.8 Å². The molecule has 0 aliphatic heterocycles. The van der Waals surface area contributed by atoms with Gasteiger partial charge in [0.15, 0.2) is 5.82 Å². The van der Waals surface area contributed by atoms with Crippen molar-refractivity contribution in [2.75, 3.05) is 0 Å². The van der Waals surface area contributed by atoms with Gasteiger partial charge in [-0.3, -0.25) is 0 Å².